The van der Waals surface area contributed by atoms with Crippen molar-refractivity contribution in [2.75, 3.05) is 25.5 Å². The largest absolute Gasteiger partial charge is 0.444 e. The van der Waals surface area contributed by atoms with Gasteiger partial charge in [-0.05, 0) is 57.2 Å². The molecule has 0 bridgehead atoms. The third-order valence-electron chi connectivity index (χ3n) is 7.85. The van der Waals surface area contributed by atoms with E-state index in [0.29, 0.717) is 65.8 Å². The molecule has 12 heteroatoms. The van der Waals surface area contributed by atoms with Crippen molar-refractivity contribution in [2.45, 2.75) is 87.9 Å². The van der Waals surface area contributed by atoms with Gasteiger partial charge < -0.3 is 29.4 Å². The summed E-state index contributed by atoms with van der Waals surface area (Å²) in [5.41, 5.74) is 0.613. The monoisotopic (exact) mass is 635 g/mol. The molecular weight excluding hydrogens is 597 g/mol. The van der Waals surface area contributed by atoms with Crippen LogP contribution in [0.2, 0.25) is 5.02 Å². The maximum atomic E-state index is 14.0. The fraction of sp³-hybridized carbons (Fsp3) is 0.581. The number of alkyl halides is 1. The van der Waals surface area contributed by atoms with Gasteiger partial charge in [0, 0.05) is 54.5 Å². The van der Waals surface area contributed by atoms with Crippen LogP contribution in [0.3, 0.4) is 0 Å². The predicted molar refractivity (Wildman–Crippen MR) is 163 cm³/mol. The highest BCUT2D eigenvalue weighted by molar-refractivity contribution is 7.99. The number of nitrogens with zero attached hydrogens (tertiary/aromatic N) is 1. The number of nitrogens with one attached hydrogen (secondary N) is 2. The van der Waals surface area contributed by atoms with Crippen molar-refractivity contribution >= 4 is 35.4 Å². The van der Waals surface area contributed by atoms with E-state index >= 15 is 0 Å². The van der Waals surface area contributed by atoms with E-state index in [2.05, 4.69) is 10.6 Å². The minimum absolute atomic E-state index is 0.147. The van der Waals surface area contributed by atoms with Gasteiger partial charge in [0.15, 0.2) is 0 Å². The van der Waals surface area contributed by atoms with Crippen LogP contribution in [0.4, 0.5) is 9.18 Å². The number of fused-ring (bicyclic) bond motifs is 1. The second kappa shape index (κ2) is 13.6. The molecule has 0 radical (unpaired) electrons. The lowest BCUT2D eigenvalue weighted by atomic mass is 9.90. The summed E-state index contributed by atoms with van der Waals surface area (Å²) < 4.78 is 32.6. The molecule has 1 aromatic carbocycles. The fourth-order valence-corrected chi connectivity index (χ4v) is 7.13. The van der Waals surface area contributed by atoms with Crippen molar-refractivity contribution in [3.63, 3.8) is 0 Å². The standard InChI is InChI=1S/C31H39ClFN3O6S/c1-31(2,3)42-30(39)35-23-17-43-27-22(16-36(29(38)26(23)27)15-18-4-6-20(32)7-5-18)28(37)34-14-19-8-10-40-24(12-19)25-13-21(33)9-11-41-25/h4-7,16,19,21,23-25H,8-15,17H2,1-3H3,(H,34,37)(H,35,39)/t19?,21?,23-,24?,25?/m0/s1. The first-order chi connectivity index (χ1) is 20.5. The van der Waals surface area contributed by atoms with Gasteiger partial charge in [-0.15, -0.1) is 11.8 Å². The second-order valence-electron chi connectivity index (χ2n) is 12.4. The predicted octanol–water partition coefficient (Wildman–Crippen LogP) is 5.26. The highest BCUT2D eigenvalue weighted by atomic mass is 35.5. The summed E-state index contributed by atoms with van der Waals surface area (Å²) in [6.07, 6.45) is 1.81. The van der Waals surface area contributed by atoms with Gasteiger partial charge in [0.2, 0.25) is 0 Å². The number of rotatable bonds is 7. The molecule has 234 valence electrons. The Morgan fingerprint density at radius 1 is 1.12 bits per heavy atom. The number of carbonyl (C=O) groups excluding carboxylic acids is 2. The van der Waals surface area contributed by atoms with E-state index in [1.807, 2.05) is 12.1 Å². The number of pyridine rings is 1. The maximum absolute atomic E-state index is 14.0. The number of hydrogen-bond acceptors (Lipinski definition) is 7. The maximum Gasteiger partial charge on any atom is 0.408 e. The smallest absolute Gasteiger partial charge is 0.408 e. The van der Waals surface area contributed by atoms with Crippen LogP contribution in [0.15, 0.2) is 40.2 Å². The van der Waals surface area contributed by atoms with E-state index in [0.717, 1.165) is 12.0 Å². The SMILES string of the molecule is CC(C)(C)OC(=O)N[C@H]1CSc2c(C(=O)NCC3CCOC(C4CC(F)CCO4)C3)cn(Cc3ccc(Cl)cc3)c(=O)c21. The van der Waals surface area contributed by atoms with Gasteiger partial charge in [-0.1, -0.05) is 23.7 Å². The van der Waals surface area contributed by atoms with Crippen molar-refractivity contribution in [1.82, 2.24) is 15.2 Å². The summed E-state index contributed by atoms with van der Waals surface area (Å²) in [6, 6.07) is 6.54. The highest BCUT2D eigenvalue weighted by Crippen LogP contribution is 2.39. The van der Waals surface area contributed by atoms with E-state index < -0.39 is 23.9 Å². The van der Waals surface area contributed by atoms with Crippen LogP contribution < -0.4 is 16.2 Å². The molecule has 3 aliphatic heterocycles. The van der Waals surface area contributed by atoms with Gasteiger partial charge in [0.25, 0.3) is 11.5 Å². The molecule has 2 amide bonds. The Kier molecular flexibility index (Phi) is 10.0. The van der Waals surface area contributed by atoms with Crippen molar-refractivity contribution in [3.05, 3.63) is 62.5 Å². The number of thioether (sulfide) groups is 1. The third kappa shape index (κ3) is 8.12. The van der Waals surface area contributed by atoms with E-state index in [-0.39, 0.29) is 36.1 Å². The Labute approximate surface area is 260 Å². The first kappa shape index (κ1) is 31.8. The van der Waals surface area contributed by atoms with Crippen molar-refractivity contribution in [1.29, 1.82) is 0 Å². The Morgan fingerprint density at radius 2 is 1.81 bits per heavy atom. The summed E-state index contributed by atoms with van der Waals surface area (Å²) in [7, 11) is 0. The molecule has 4 unspecified atom stereocenters. The molecule has 9 nitrogen and oxygen atoms in total. The number of amides is 2. The molecule has 43 heavy (non-hydrogen) atoms. The first-order valence-electron chi connectivity index (χ1n) is 14.8. The molecule has 4 heterocycles. The molecule has 5 atom stereocenters. The molecule has 0 saturated carbocycles. The van der Waals surface area contributed by atoms with Gasteiger partial charge in [0.05, 0.1) is 35.9 Å². The second-order valence-corrected chi connectivity index (χ2v) is 13.9. The summed E-state index contributed by atoms with van der Waals surface area (Å²) >= 11 is 7.42. The van der Waals surface area contributed by atoms with E-state index in [1.165, 1.54) is 16.3 Å². The Morgan fingerprint density at radius 3 is 2.51 bits per heavy atom. The number of benzene rings is 1. The van der Waals surface area contributed by atoms with Gasteiger partial charge in [-0.3, -0.25) is 9.59 Å². The number of aromatic nitrogens is 1. The topological polar surface area (TPSA) is 108 Å². The van der Waals surface area contributed by atoms with E-state index in [1.54, 1.807) is 39.1 Å². The molecule has 2 N–H and O–H groups in total. The normalized spacial score (nSPS) is 25.6. The number of halogens is 2. The van der Waals surface area contributed by atoms with Crippen LogP contribution in [0.5, 0.6) is 0 Å². The van der Waals surface area contributed by atoms with Crippen LogP contribution in [-0.2, 0) is 20.8 Å². The number of ether oxygens (including phenoxy) is 3. The van der Waals surface area contributed by atoms with Crippen molar-refractivity contribution in [2.24, 2.45) is 5.92 Å². The molecule has 1 aromatic heterocycles. The average molecular weight is 636 g/mol. The van der Waals surface area contributed by atoms with Gasteiger partial charge in [-0.25, -0.2) is 9.18 Å². The van der Waals surface area contributed by atoms with Gasteiger partial charge >= 0.3 is 6.09 Å². The van der Waals surface area contributed by atoms with E-state index in [4.69, 9.17) is 25.8 Å². The highest BCUT2D eigenvalue weighted by Gasteiger charge is 2.36. The Hall–Kier alpha value is -2.60. The number of alkyl carbamates (subject to hydrolysis) is 1. The molecule has 5 rings (SSSR count). The quantitative estimate of drug-likeness (QED) is 0.427. The van der Waals surface area contributed by atoms with Gasteiger partial charge in [0.1, 0.15) is 11.8 Å². The first-order valence-corrected chi connectivity index (χ1v) is 16.1. The lowest BCUT2D eigenvalue weighted by Gasteiger charge is -2.37. The Bertz CT molecular complexity index is 1380. The third-order valence-corrected chi connectivity index (χ3v) is 9.33. The van der Waals surface area contributed by atoms with Crippen LogP contribution in [0.1, 0.15) is 74.0 Å². The minimum Gasteiger partial charge on any atom is -0.444 e. The molecule has 2 fully saturated rings. The zero-order valence-corrected chi connectivity index (χ0v) is 26.3. The van der Waals surface area contributed by atoms with Crippen LogP contribution in [0, 0.1) is 5.92 Å². The Balaban J connectivity index is 1.35. The molecule has 0 spiro atoms. The summed E-state index contributed by atoms with van der Waals surface area (Å²) in [6.45, 7) is 6.87. The average Bonchev–Trinajstić information content (AvgIpc) is 3.37. The molecule has 2 aromatic rings. The molecule has 3 aliphatic rings. The zero-order valence-electron chi connectivity index (χ0n) is 24.7. The van der Waals surface area contributed by atoms with Crippen LogP contribution in [-0.4, -0.2) is 66.1 Å². The number of hydrogen-bond donors (Lipinski definition) is 2. The van der Waals surface area contributed by atoms with Crippen LogP contribution in [0.25, 0.3) is 0 Å². The molecular formula is C31H39ClFN3O6S. The van der Waals surface area contributed by atoms with E-state index in [9.17, 15) is 18.8 Å². The summed E-state index contributed by atoms with van der Waals surface area (Å²) in [4.78, 5) is 40.6. The van der Waals surface area contributed by atoms with Gasteiger partial charge in [-0.2, -0.15) is 0 Å². The molecule has 0 aliphatic carbocycles. The minimum atomic E-state index is -0.876. The van der Waals surface area contributed by atoms with Crippen LogP contribution >= 0.6 is 23.4 Å². The lowest BCUT2D eigenvalue weighted by Crippen LogP contribution is -2.44. The van der Waals surface area contributed by atoms with Crippen molar-refractivity contribution < 1.29 is 28.2 Å². The lowest BCUT2D eigenvalue weighted by molar-refractivity contribution is -0.129. The zero-order chi connectivity index (χ0) is 30.7. The summed E-state index contributed by atoms with van der Waals surface area (Å²) in [5, 5.41) is 6.47. The van der Waals surface area contributed by atoms with Crippen molar-refractivity contribution in [3.8, 4) is 0 Å². The molecule has 2 saturated heterocycles. The fourth-order valence-electron chi connectivity index (χ4n) is 5.73. The number of carbonyl (C=O) groups is 2. The summed E-state index contributed by atoms with van der Waals surface area (Å²) in [5.74, 6) is 0.244.